The third-order valence-electron chi connectivity index (χ3n) is 2.19. The zero-order chi connectivity index (χ0) is 14.6. The van der Waals surface area contributed by atoms with Crippen LogP contribution >= 0.6 is 0 Å². The lowest BCUT2D eigenvalue weighted by molar-refractivity contribution is -0.253. The average molecular weight is 281 g/mol. The minimum Gasteiger partial charge on any atom is -0.481 e. The smallest absolute Gasteiger partial charge is 0.461 e. The van der Waals surface area contributed by atoms with Crippen LogP contribution in [0.15, 0.2) is 24.3 Å². The number of carboxylic acid groups (broad SMARTS) is 1. The lowest BCUT2D eigenvalue weighted by atomic mass is 10.0. The Morgan fingerprint density at radius 3 is 2.58 bits per heavy atom. The molecule has 0 aliphatic rings. The van der Waals surface area contributed by atoms with E-state index in [2.05, 4.69) is 4.74 Å². The van der Waals surface area contributed by atoms with Gasteiger partial charge in [-0.3, -0.25) is 4.79 Å². The molecular formula is C11H11F4NO3. The van der Waals surface area contributed by atoms with Crippen LogP contribution in [-0.4, -0.2) is 23.6 Å². The van der Waals surface area contributed by atoms with Gasteiger partial charge in [0.1, 0.15) is 5.75 Å². The molecule has 0 bridgehead atoms. The molecule has 8 heteroatoms. The minimum absolute atomic E-state index is 0.199. The lowest BCUT2D eigenvalue weighted by Crippen LogP contribution is -2.33. The monoisotopic (exact) mass is 281 g/mol. The fourth-order valence-corrected chi connectivity index (χ4v) is 1.32. The molecule has 1 aromatic rings. The number of benzene rings is 1. The van der Waals surface area contributed by atoms with Crippen LogP contribution in [0.5, 0.6) is 5.75 Å². The molecule has 0 amide bonds. The maximum atomic E-state index is 12.7. The number of ether oxygens (including phenoxy) is 1. The first-order chi connectivity index (χ1) is 8.72. The van der Waals surface area contributed by atoms with Crippen molar-refractivity contribution >= 4 is 5.97 Å². The first kappa shape index (κ1) is 15.2. The van der Waals surface area contributed by atoms with E-state index >= 15 is 0 Å². The molecule has 0 fully saturated rings. The van der Waals surface area contributed by atoms with E-state index in [1.165, 1.54) is 12.1 Å². The minimum atomic E-state index is -4.62. The topological polar surface area (TPSA) is 72.6 Å². The molecule has 1 rings (SSSR count). The van der Waals surface area contributed by atoms with E-state index in [9.17, 15) is 22.4 Å². The van der Waals surface area contributed by atoms with Crippen molar-refractivity contribution in [1.82, 2.24) is 0 Å². The second-order valence-electron chi connectivity index (χ2n) is 3.74. The zero-order valence-electron chi connectivity index (χ0n) is 9.52. The summed E-state index contributed by atoms with van der Waals surface area (Å²) >= 11 is 0. The summed E-state index contributed by atoms with van der Waals surface area (Å²) in [6.07, 6.45) is -9.01. The molecule has 0 unspecified atom stereocenters. The van der Waals surface area contributed by atoms with E-state index in [1.807, 2.05) is 0 Å². The maximum Gasteiger partial charge on any atom is 0.461 e. The molecule has 0 aromatic heterocycles. The second kappa shape index (κ2) is 5.87. The number of carbonyl (C=O) groups is 1. The van der Waals surface area contributed by atoms with Crippen LogP contribution in [0.3, 0.4) is 0 Å². The van der Waals surface area contributed by atoms with Gasteiger partial charge in [-0.1, -0.05) is 12.1 Å². The van der Waals surface area contributed by atoms with Crippen molar-refractivity contribution in [3.8, 4) is 5.75 Å². The van der Waals surface area contributed by atoms with Crippen LogP contribution in [0.1, 0.15) is 18.0 Å². The molecule has 0 aliphatic heterocycles. The molecule has 0 saturated heterocycles. The van der Waals surface area contributed by atoms with Crippen molar-refractivity contribution in [2.24, 2.45) is 5.73 Å². The summed E-state index contributed by atoms with van der Waals surface area (Å²) in [4.78, 5) is 10.5. The molecule has 0 heterocycles. The average Bonchev–Trinajstić information content (AvgIpc) is 2.27. The largest absolute Gasteiger partial charge is 0.481 e. The number of halogens is 4. The van der Waals surface area contributed by atoms with Gasteiger partial charge in [-0.15, -0.1) is 0 Å². The summed E-state index contributed by atoms with van der Waals surface area (Å²) in [6.45, 7) is 0. The molecule has 0 radical (unpaired) electrons. The van der Waals surface area contributed by atoms with Gasteiger partial charge in [0.05, 0.1) is 6.42 Å². The SMILES string of the molecule is N[C@@H](CC(=O)O)c1cccc(OC(F)(F)C(F)F)c1. The Morgan fingerprint density at radius 1 is 1.42 bits per heavy atom. The molecule has 4 nitrogen and oxygen atoms in total. The molecule has 1 aromatic carbocycles. The Kier molecular flexibility index (Phi) is 4.71. The fraction of sp³-hybridized carbons (Fsp3) is 0.364. The third kappa shape index (κ3) is 4.40. The highest BCUT2D eigenvalue weighted by molar-refractivity contribution is 5.67. The van der Waals surface area contributed by atoms with Gasteiger partial charge in [-0.05, 0) is 17.7 Å². The van der Waals surface area contributed by atoms with Crippen LogP contribution < -0.4 is 10.5 Å². The summed E-state index contributed by atoms with van der Waals surface area (Å²) in [7, 11) is 0. The van der Waals surface area contributed by atoms with Gasteiger partial charge < -0.3 is 15.6 Å². The van der Waals surface area contributed by atoms with Gasteiger partial charge in [-0.2, -0.15) is 17.6 Å². The summed E-state index contributed by atoms with van der Waals surface area (Å²) in [5, 5.41) is 8.54. The van der Waals surface area contributed by atoms with Gasteiger partial charge in [-0.25, -0.2) is 0 Å². The number of carboxylic acids is 1. The standard InChI is InChI=1S/C11H11F4NO3/c12-10(13)11(14,15)19-7-3-1-2-6(4-7)8(16)5-9(17)18/h1-4,8,10H,5,16H2,(H,17,18)/t8-/m0/s1. The molecular weight excluding hydrogens is 270 g/mol. The predicted molar refractivity (Wildman–Crippen MR) is 57.2 cm³/mol. The van der Waals surface area contributed by atoms with Gasteiger partial charge >= 0.3 is 18.5 Å². The Hall–Kier alpha value is -1.83. The fourth-order valence-electron chi connectivity index (χ4n) is 1.32. The Labute approximate surface area is 105 Å². The summed E-state index contributed by atoms with van der Waals surface area (Å²) in [6, 6.07) is 3.76. The van der Waals surface area contributed by atoms with E-state index in [4.69, 9.17) is 10.8 Å². The van der Waals surface area contributed by atoms with Crippen molar-refractivity contribution in [3.63, 3.8) is 0 Å². The predicted octanol–water partition coefficient (Wildman–Crippen LogP) is 2.40. The highest BCUT2D eigenvalue weighted by Crippen LogP contribution is 2.29. The summed E-state index contributed by atoms with van der Waals surface area (Å²) < 4.78 is 53.1. The van der Waals surface area contributed by atoms with E-state index in [1.54, 1.807) is 0 Å². The number of hydrogen-bond acceptors (Lipinski definition) is 3. The lowest BCUT2D eigenvalue weighted by Gasteiger charge is -2.18. The zero-order valence-corrected chi connectivity index (χ0v) is 9.52. The van der Waals surface area contributed by atoms with Crippen molar-refractivity contribution in [2.45, 2.75) is 25.0 Å². The summed E-state index contributed by atoms with van der Waals surface area (Å²) in [5.74, 6) is -1.68. The Morgan fingerprint density at radius 2 is 2.05 bits per heavy atom. The molecule has 0 saturated carbocycles. The third-order valence-corrected chi connectivity index (χ3v) is 2.19. The second-order valence-corrected chi connectivity index (χ2v) is 3.74. The Bertz CT molecular complexity index is 453. The summed E-state index contributed by atoms with van der Waals surface area (Å²) in [5.41, 5.74) is 5.72. The molecule has 0 aliphatic carbocycles. The van der Waals surface area contributed by atoms with Gasteiger partial charge in [0.15, 0.2) is 0 Å². The Balaban J connectivity index is 2.86. The van der Waals surface area contributed by atoms with Gasteiger partial charge in [0, 0.05) is 6.04 Å². The van der Waals surface area contributed by atoms with Crippen LogP contribution in [0, 0.1) is 0 Å². The van der Waals surface area contributed by atoms with E-state index < -0.39 is 36.7 Å². The normalized spacial score (nSPS) is 13.4. The maximum absolute atomic E-state index is 12.7. The van der Waals surface area contributed by atoms with Crippen LogP contribution in [0.4, 0.5) is 17.6 Å². The van der Waals surface area contributed by atoms with E-state index in [0.717, 1.165) is 12.1 Å². The number of nitrogens with two attached hydrogens (primary N) is 1. The quantitative estimate of drug-likeness (QED) is 0.785. The molecule has 3 N–H and O–H groups in total. The highest BCUT2D eigenvalue weighted by atomic mass is 19.3. The molecule has 106 valence electrons. The highest BCUT2D eigenvalue weighted by Gasteiger charge is 2.44. The first-order valence-corrected chi connectivity index (χ1v) is 5.14. The van der Waals surface area contributed by atoms with Crippen molar-refractivity contribution in [3.05, 3.63) is 29.8 Å². The van der Waals surface area contributed by atoms with Crippen molar-refractivity contribution in [1.29, 1.82) is 0 Å². The van der Waals surface area contributed by atoms with Gasteiger partial charge in [0.25, 0.3) is 0 Å². The van der Waals surface area contributed by atoms with Crippen LogP contribution in [-0.2, 0) is 4.79 Å². The van der Waals surface area contributed by atoms with E-state index in [0.29, 0.717) is 0 Å². The van der Waals surface area contributed by atoms with Crippen molar-refractivity contribution < 1.29 is 32.2 Å². The van der Waals surface area contributed by atoms with Gasteiger partial charge in [0.2, 0.25) is 0 Å². The number of hydrogen-bond donors (Lipinski definition) is 2. The molecule has 1 atom stereocenters. The van der Waals surface area contributed by atoms with E-state index in [-0.39, 0.29) is 5.56 Å². The molecule has 0 spiro atoms. The number of alkyl halides is 4. The van der Waals surface area contributed by atoms with Crippen LogP contribution in [0.2, 0.25) is 0 Å². The number of rotatable bonds is 6. The number of aliphatic carboxylic acids is 1. The van der Waals surface area contributed by atoms with Crippen LogP contribution in [0.25, 0.3) is 0 Å². The first-order valence-electron chi connectivity index (χ1n) is 5.14. The molecule has 19 heavy (non-hydrogen) atoms. The van der Waals surface area contributed by atoms with Crippen molar-refractivity contribution in [2.75, 3.05) is 0 Å².